The van der Waals surface area contributed by atoms with E-state index in [9.17, 15) is 4.79 Å². The highest BCUT2D eigenvalue weighted by Gasteiger charge is 2.01. The number of methoxy groups -OCH3 is 2. The van der Waals surface area contributed by atoms with Gasteiger partial charge >= 0.3 is 0 Å². The Morgan fingerprint density at radius 2 is 2.00 bits per heavy atom. The standard InChI is InChI=1S/C12H14O3/c1-9(13)4-5-10-8-11(14-2)6-7-12(10)15-3/h4-8H,1-3H3/b5-4+. The quantitative estimate of drug-likeness (QED) is 0.709. The lowest BCUT2D eigenvalue weighted by atomic mass is 10.1. The molecule has 0 atom stereocenters. The summed E-state index contributed by atoms with van der Waals surface area (Å²) in [5.41, 5.74) is 0.826. The van der Waals surface area contributed by atoms with Gasteiger partial charge in [0.1, 0.15) is 11.5 Å². The van der Waals surface area contributed by atoms with Gasteiger partial charge < -0.3 is 9.47 Å². The first kappa shape index (κ1) is 11.3. The van der Waals surface area contributed by atoms with Crippen molar-refractivity contribution >= 4 is 11.9 Å². The topological polar surface area (TPSA) is 35.5 Å². The molecule has 1 rings (SSSR count). The van der Waals surface area contributed by atoms with Crippen LogP contribution in [0, 0.1) is 0 Å². The first-order chi connectivity index (χ1) is 7.17. The fourth-order valence-corrected chi connectivity index (χ4v) is 1.18. The van der Waals surface area contributed by atoms with E-state index in [4.69, 9.17) is 9.47 Å². The van der Waals surface area contributed by atoms with E-state index in [1.54, 1.807) is 26.4 Å². The van der Waals surface area contributed by atoms with E-state index in [1.165, 1.54) is 13.0 Å². The number of carbonyl (C=O) groups is 1. The number of ketones is 1. The first-order valence-corrected chi connectivity index (χ1v) is 4.58. The van der Waals surface area contributed by atoms with Crippen molar-refractivity contribution in [1.29, 1.82) is 0 Å². The minimum absolute atomic E-state index is 0.000118. The molecule has 15 heavy (non-hydrogen) atoms. The van der Waals surface area contributed by atoms with Gasteiger partial charge in [0.25, 0.3) is 0 Å². The predicted molar refractivity (Wildman–Crippen MR) is 59.3 cm³/mol. The van der Waals surface area contributed by atoms with Gasteiger partial charge in [-0.2, -0.15) is 0 Å². The van der Waals surface area contributed by atoms with Gasteiger partial charge in [-0.05, 0) is 37.3 Å². The van der Waals surface area contributed by atoms with Crippen LogP contribution in [0.15, 0.2) is 24.3 Å². The van der Waals surface area contributed by atoms with Crippen molar-refractivity contribution in [2.24, 2.45) is 0 Å². The van der Waals surface area contributed by atoms with Crippen LogP contribution in [-0.2, 0) is 4.79 Å². The molecule has 0 unspecified atom stereocenters. The molecule has 0 radical (unpaired) electrons. The molecule has 0 aliphatic rings. The molecule has 3 nitrogen and oxygen atoms in total. The van der Waals surface area contributed by atoms with Crippen LogP contribution >= 0.6 is 0 Å². The number of allylic oxidation sites excluding steroid dienone is 1. The SMILES string of the molecule is COc1ccc(OC)c(/C=C/C(C)=O)c1. The number of hydrogen-bond donors (Lipinski definition) is 0. The summed E-state index contributed by atoms with van der Waals surface area (Å²) in [5.74, 6) is 1.45. The van der Waals surface area contributed by atoms with Crippen molar-refractivity contribution in [2.45, 2.75) is 6.92 Å². The summed E-state index contributed by atoms with van der Waals surface area (Å²) in [5, 5.41) is 0. The number of benzene rings is 1. The monoisotopic (exact) mass is 206 g/mol. The Kier molecular flexibility index (Phi) is 3.92. The highest BCUT2D eigenvalue weighted by atomic mass is 16.5. The Morgan fingerprint density at radius 3 is 2.53 bits per heavy atom. The number of ether oxygens (including phenoxy) is 2. The first-order valence-electron chi connectivity index (χ1n) is 4.58. The molecular weight excluding hydrogens is 192 g/mol. The van der Waals surface area contributed by atoms with Gasteiger partial charge in [-0.1, -0.05) is 0 Å². The molecule has 3 heteroatoms. The second kappa shape index (κ2) is 5.20. The fraction of sp³-hybridized carbons (Fsp3) is 0.250. The molecule has 0 saturated carbocycles. The van der Waals surface area contributed by atoms with Crippen molar-refractivity contribution in [3.8, 4) is 11.5 Å². The summed E-state index contributed by atoms with van der Waals surface area (Å²) < 4.78 is 10.2. The zero-order valence-electron chi connectivity index (χ0n) is 9.11. The Labute approximate surface area is 89.3 Å². The molecule has 1 aromatic rings. The van der Waals surface area contributed by atoms with Crippen LogP contribution in [0.2, 0.25) is 0 Å². The summed E-state index contributed by atoms with van der Waals surface area (Å²) >= 11 is 0. The van der Waals surface area contributed by atoms with Crippen molar-refractivity contribution in [1.82, 2.24) is 0 Å². The predicted octanol–water partition coefficient (Wildman–Crippen LogP) is 2.31. The fourth-order valence-electron chi connectivity index (χ4n) is 1.18. The maximum Gasteiger partial charge on any atom is 0.152 e. The van der Waals surface area contributed by atoms with Crippen molar-refractivity contribution in [2.75, 3.05) is 14.2 Å². The van der Waals surface area contributed by atoms with Gasteiger partial charge in [0.05, 0.1) is 14.2 Å². The molecule has 0 heterocycles. The summed E-state index contributed by atoms with van der Waals surface area (Å²) in [7, 11) is 3.19. The average Bonchev–Trinajstić information content (AvgIpc) is 2.25. The second-order valence-electron chi connectivity index (χ2n) is 3.05. The normalized spacial score (nSPS) is 10.3. The maximum atomic E-state index is 10.8. The van der Waals surface area contributed by atoms with Crippen LogP contribution in [-0.4, -0.2) is 20.0 Å². The molecule has 0 N–H and O–H groups in total. The number of hydrogen-bond acceptors (Lipinski definition) is 3. The third-order valence-corrected chi connectivity index (χ3v) is 1.93. The van der Waals surface area contributed by atoms with Crippen LogP contribution in [0.3, 0.4) is 0 Å². The molecule has 0 aliphatic heterocycles. The molecule has 0 spiro atoms. The largest absolute Gasteiger partial charge is 0.497 e. The third kappa shape index (κ3) is 3.13. The van der Waals surface area contributed by atoms with E-state index in [0.29, 0.717) is 5.75 Å². The van der Waals surface area contributed by atoms with E-state index in [1.807, 2.05) is 12.1 Å². The van der Waals surface area contributed by atoms with Gasteiger partial charge in [0.15, 0.2) is 5.78 Å². The zero-order chi connectivity index (χ0) is 11.3. The number of carbonyl (C=O) groups excluding carboxylic acids is 1. The molecular formula is C12H14O3. The highest BCUT2D eigenvalue weighted by Crippen LogP contribution is 2.24. The van der Waals surface area contributed by atoms with E-state index in [0.717, 1.165) is 11.3 Å². The van der Waals surface area contributed by atoms with Gasteiger partial charge in [-0.3, -0.25) is 4.79 Å². The number of rotatable bonds is 4. The van der Waals surface area contributed by atoms with Gasteiger partial charge in [-0.15, -0.1) is 0 Å². The molecule has 0 bridgehead atoms. The lowest BCUT2D eigenvalue weighted by Gasteiger charge is -2.06. The molecule has 80 valence electrons. The van der Waals surface area contributed by atoms with Crippen molar-refractivity contribution in [3.63, 3.8) is 0 Å². The summed E-state index contributed by atoms with van der Waals surface area (Å²) in [6.45, 7) is 1.50. The van der Waals surface area contributed by atoms with Crippen LogP contribution in [0.4, 0.5) is 0 Å². The van der Waals surface area contributed by atoms with Crippen LogP contribution in [0.25, 0.3) is 6.08 Å². The van der Waals surface area contributed by atoms with Gasteiger partial charge in [0, 0.05) is 5.56 Å². The molecule has 1 aromatic carbocycles. The Balaban J connectivity index is 3.06. The van der Waals surface area contributed by atoms with E-state index in [-0.39, 0.29) is 5.78 Å². The van der Waals surface area contributed by atoms with E-state index >= 15 is 0 Å². The lowest BCUT2D eigenvalue weighted by Crippen LogP contribution is -1.90. The van der Waals surface area contributed by atoms with E-state index in [2.05, 4.69) is 0 Å². The summed E-state index contributed by atoms with van der Waals surface area (Å²) in [4.78, 5) is 10.8. The van der Waals surface area contributed by atoms with Gasteiger partial charge in [0.2, 0.25) is 0 Å². The Hall–Kier alpha value is -1.77. The van der Waals surface area contributed by atoms with Crippen LogP contribution in [0.5, 0.6) is 11.5 Å². The molecule has 0 aliphatic carbocycles. The Morgan fingerprint density at radius 1 is 1.27 bits per heavy atom. The molecule has 0 amide bonds. The molecule has 0 saturated heterocycles. The average molecular weight is 206 g/mol. The van der Waals surface area contributed by atoms with Crippen LogP contribution < -0.4 is 9.47 Å². The highest BCUT2D eigenvalue weighted by molar-refractivity contribution is 5.91. The third-order valence-electron chi connectivity index (χ3n) is 1.93. The van der Waals surface area contributed by atoms with Crippen molar-refractivity contribution < 1.29 is 14.3 Å². The smallest absolute Gasteiger partial charge is 0.152 e. The zero-order valence-corrected chi connectivity index (χ0v) is 9.11. The van der Waals surface area contributed by atoms with Crippen LogP contribution in [0.1, 0.15) is 12.5 Å². The maximum absolute atomic E-state index is 10.8. The van der Waals surface area contributed by atoms with E-state index < -0.39 is 0 Å². The van der Waals surface area contributed by atoms with Crippen molar-refractivity contribution in [3.05, 3.63) is 29.8 Å². The lowest BCUT2D eigenvalue weighted by molar-refractivity contribution is -0.112. The second-order valence-corrected chi connectivity index (χ2v) is 3.05. The minimum atomic E-state index is -0.000118. The minimum Gasteiger partial charge on any atom is -0.497 e. The molecule has 0 fully saturated rings. The summed E-state index contributed by atoms with van der Waals surface area (Å²) in [6.07, 6.45) is 3.21. The Bertz CT molecular complexity index is 380. The molecule has 0 aromatic heterocycles. The van der Waals surface area contributed by atoms with Gasteiger partial charge in [-0.25, -0.2) is 0 Å². The summed E-state index contributed by atoms with van der Waals surface area (Å²) in [6, 6.07) is 5.43.